The third-order valence-electron chi connectivity index (χ3n) is 3.62. The molecule has 0 radical (unpaired) electrons. The van der Waals surface area contributed by atoms with E-state index in [2.05, 4.69) is 12.2 Å². The van der Waals surface area contributed by atoms with Gasteiger partial charge in [0.2, 0.25) is 0 Å². The van der Waals surface area contributed by atoms with Gasteiger partial charge in [0.1, 0.15) is 0 Å². The van der Waals surface area contributed by atoms with Gasteiger partial charge in [0.15, 0.2) is 11.5 Å². The van der Waals surface area contributed by atoms with Gasteiger partial charge in [-0.15, -0.1) is 0 Å². The highest BCUT2D eigenvalue weighted by atomic mass is 16.3. The molecule has 0 aliphatic heterocycles. The van der Waals surface area contributed by atoms with Crippen LogP contribution in [-0.2, 0) is 6.54 Å². The third-order valence-corrected chi connectivity index (χ3v) is 3.62. The molecule has 1 aromatic rings. The summed E-state index contributed by atoms with van der Waals surface area (Å²) in [7, 11) is 0. The second kappa shape index (κ2) is 4.34. The summed E-state index contributed by atoms with van der Waals surface area (Å²) in [6, 6.07) is 5.07. The molecule has 0 aromatic heterocycles. The largest absolute Gasteiger partial charge is 0.504 e. The molecule has 0 atom stereocenters. The normalized spacial score (nSPS) is 17.3. The minimum atomic E-state index is -0.0454. The molecule has 0 saturated heterocycles. The molecule has 0 spiro atoms. The van der Waals surface area contributed by atoms with Crippen molar-refractivity contribution >= 4 is 0 Å². The van der Waals surface area contributed by atoms with E-state index >= 15 is 0 Å². The molecule has 1 saturated carbocycles. The van der Waals surface area contributed by atoms with Crippen LogP contribution >= 0.6 is 0 Å². The summed E-state index contributed by atoms with van der Waals surface area (Å²) in [5.41, 5.74) is 1.26. The lowest BCUT2D eigenvalue weighted by Crippen LogP contribution is -2.23. The fraction of sp³-hybridized carbons (Fsp3) is 0.538. The summed E-state index contributed by atoms with van der Waals surface area (Å²) in [6.45, 7) is 3.83. The number of para-hydroxylation sites is 1. The topological polar surface area (TPSA) is 52.5 Å². The Kier molecular flexibility index (Phi) is 3.06. The number of hydrogen-bond donors (Lipinski definition) is 3. The average Bonchev–Trinajstić information content (AvgIpc) is 3.05. The number of benzene rings is 1. The molecule has 0 bridgehead atoms. The molecule has 88 valence electrons. The standard InChI is InChI=1S/C13H19NO2/c1-2-13(6-7-13)9-14-8-10-4-3-5-11(15)12(10)16/h3-5,14-16H,2,6-9H2,1H3. The summed E-state index contributed by atoms with van der Waals surface area (Å²) in [6.07, 6.45) is 3.83. The smallest absolute Gasteiger partial charge is 0.161 e. The maximum absolute atomic E-state index is 9.61. The lowest BCUT2D eigenvalue weighted by molar-refractivity contribution is 0.393. The van der Waals surface area contributed by atoms with Gasteiger partial charge < -0.3 is 15.5 Å². The van der Waals surface area contributed by atoms with Crippen molar-refractivity contribution in [1.29, 1.82) is 0 Å². The van der Waals surface area contributed by atoms with Crippen molar-refractivity contribution in [2.24, 2.45) is 5.41 Å². The first-order valence-electron chi connectivity index (χ1n) is 5.87. The molecule has 1 fully saturated rings. The first kappa shape index (κ1) is 11.3. The van der Waals surface area contributed by atoms with Gasteiger partial charge in [-0.3, -0.25) is 0 Å². The van der Waals surface area contributed by atoms with Crippen molar-refractivity contribution in [1.82, 2.24) is 5.32 Å². The lowest BCUT2D eigenvalue weighted by atomic mass is 10.0. The second-order valence-corrected chi connectivity index (χ2v) is 4.74. The number of phenols is 2. The van der Waals surface area contributed by atoms with Crippen molar-refractivity contribution in [3.8, 4) is 11.5 Å². The van der Waals surface area contributed by atoms with Crippen LogP contribution in [0.4, 0.5) is 0 Å². The molecule has 1 aliphatic rings. The Morgan fingerprint density at radius 3 is 2.69 bits per heavy atom. The Hall–Kier alpha value is -1.22. The fourth-order valence-electron chi connectivity index (χ4n) is 2.01. The second-order valence-electron chi connectivity index (χ2n) is 4.74. The molecular formula is C13H19NO2. The highest BCUT2D eigenvalue weighted by molar-refractivity contribution is 5.44. The first-order chi connectivity index (χ1) is 7.67. The molecule has 1 aromatic carbocycles. The van der Waals surface area contributed by atoms with Crippen molar-refractivity contribution in [2.75, 3.05) is 6.54 Å². The van der Waals surface area contributed by atoms with Crippen LogP contribution in [0.2, 0.25) is 0 Å². The Bertz CT molecular complexity index is 372. The summed E-state index contributed by atoms with van der Waals surface area (Å²) in [5, 5.41) is 22.3. The van der Waals surface area contributed by atoms with Gasteiger partial charge in [-0.05, 0) is 30.7 Å². The van der Waals surface area contributed by atoms with E-state index in [1.54, 1.807) is 6.07 Å². The van der Waals surface area contributed by atoms with E-state index in [4.69, 9.17) is 0 Å². The summed E-state index contributed by atoms with van der Waals surface area (Å²) >= 11 is 0. The maximum Gasteiger partial charge on any atom is 0.161 e. The van der Waals surface area contributed by atoms with Crippen LogP contribution in [0.5, 0.6) is 11.5 Å². The highest BCUT2D eigenvalue weighted by Crippen LogP contribution is 2.47. The van der Waals surface area contributed by atoms with Crippen LogP contribution < -0.4 is 5.32 Å². The molecule has 0 heterocycles. The molecule has 0 unspecified atom stereocenters. The number of hydrogen-bond acceptors (Lipinski definition) is 3. The van der Waals surface area contributed by atoms with E-state index in [1.807, 2.05) is 6.07 Å². The number of nitrogens with one attached hydrogen (secondary N) is 1. The molecule has 3 heteroatoms. The number of rotatable bonds is 5. The summed E-state index contributed by atoms with van der Waals surface area (Å²) in [5.74, 6) is -0.0488. The zero-order valence-electron chi connectivity index (χ0n) is 9.66. The predicted octanol–water partition coefficient (Wildman–Crippen LogP) is 2.38. The van der Waals surface area contributed by atoms with Gasteiger partial charge >= 0.3 is 0 Å². The maximum atomic E-state index is 9.61. The first-order valence-corrected chi connectivity index (χ1v) is 5.87. The van der Waals surface area contributed by atoms with Gasteiger partial charge in [0, 0.05) is 18.7 Å². The predicted molar refractivity (Wildman–Crippen MR) is 63.4 cm³/mol. The Labute approximate surface area is 96.1 Å². The number of aromatic hydroxyl groups is 2. The monoisotopic (exact) mass is 221 g/mol. The van der Waals surface area contributed by atoms with E-state index in [0.717, 1.165) is 12.1 Å². The molecule has 1 aliphatic carbocycles. The molecule has 3 N–H and O–H groups in total. The summed E-state index contributed by atoms with van der Waals surface area (Å²) in [4.78, 5) is 0. The molecule has 0 amide bonds. The van der Waals surface area contributed by atoms with Crippen LogP contribution in [0.25, 0.3) is 0 Å². The van der Waals surface area contributed by atoms with Crippen LogP contribution in [-0.4, -0.2) is 16.8 Å². The lowest BCUT2D eigenvalue weighted by Gasteiger charge is -2.14. The van der Waals surface area contributed by atoms with Crippen molar-refractivity contribution < 1.29 is 10.2 Å². The Morgan fingerprint density at radius 1 is 1.31 bits per heavy atom. The van der Waals surface area contributed by atoms with E-state index in [1.165, 1.54) is 25.3 Å². The number of phenolic OH excluding ortho intramolecular Hbond substituents is 2. The van der Waals surface area contributed by atoms with E-state index < -0.39 is 0 Å². The van der Waals surface area contributed by atoms with E-state index in [0.29, 0.717) is 12.0 Å². The Balaban J connectivity index is 1.88. The average molecular weight is 221 g/mol. The third kappa shape index (κ3) is 2.30. The summed E-state index contributed by atoms with van der Waals surface area (Å²) < 4.78 is 0. The van der Waals surface area contributed by atoms with Crippen molar-refractivity contribution in [3.05, 3.63) is 23.8 Å². The zero-order chi connectivity index (χ0) is 11.6. The van der Waals surface area contributed by atoms with E-state index in [9.17, 15) is 10.2 Å². The van der Waals surface area contributed by atoms with Gasteiger partial charge in [0.25, 0.3) is 0 Å². The van der Waals surface area contributed by atoms with Crippen LogP contribution in [0.1, 0.15) is 31.7 Å². The van der Waals surface area contributed by atoms with Gasteiger partial charge in [0.05, 0.1) is 0 Å². The van der Waals surface area contributed by atoms with Crippen molar-refractivity contribution in [2.45, 2.75) is 32.7 Å². The zero-order valence-corrected chi connectivity index (χ0v) is 9.66. The molecule has 3 nitrogen and oxygen atoms in total. The Morgan fingerprint density at radius 2 is 2.06 bits per heavy atom. The van der Waals surface area contributed by atoms with E-state index in [-0.39, 0.29) is 11.5 Å². The van der Waals surface area contributed by atoms with Gasteiger partial charge in [-0.1, -0.05) is 19.1 Å². The molecular weight excluding hydrogens is 202 g/mol. The minimum Gasteiger partial charge on any atom is -0.504 e. The molecule has 16 heavy (non-hydrogen) atoms. The van der Waals surface area contributed by atoms with Gasteiger partial charge in [-0.2, -0.15) is 0 Å². The SMILES string of the molecule is CCC1(CNCc2cccc(O)c2O)CC1. The van der Waals surface area contributed by atoms with Crippen LogP contribution in [0, 0.1) is 5.41 Å². The van der Waals surface area contributed by atoms with Crippen LogP contribution in [0.3, 0.4) is 0 Å². The highest BCUT2D eigenvalue weighted by Gasteiger charge is 2.39. The van der Waals surface area contributed by atoms with Crippen LogP contribution in [0.15, 0.2) is 18.2 Å². The minimum absolute atomic E-state index is 0.00338. The van der Waals surface area contributed by atoms with Gasteiger partial charge in [-0.25, -0.2) is 0 Å². The van der Waals surface area contributed by atoms with Crippen molar-refractivity contribution in [3.63, 3.8) is 0 Å². The fourth-order valence-corrected chi connectivity index (χ4v) is 2.01. The molecule has 2 rings (SSSR count). The quantitative estimate of drug-likeness (QED) is 0.669.